The lowest BCUT2D eigenvalue weighted by Crippen LogP contribution is -2.26. The van der Waals surface area contributed by atoms with Crippen LogP contribution in [0.25, 0.3) is 10.9 Å². The van der Waals surface area contributed by atoms with Gasteiger partial charge in [0.25, 0.3) is 5.91 Å². The molecular weight excluding hydrogens is 314 g/mol. The molecule has 0 aliphatic rings. The van der Waals surface area contributed by atoms with Crippen molar-refractivity contribution in [3.63, 3.8) is 0 Å². The molecule has 2 aromatic heterocycles. The Labute approximate surface area is 137 Å². The molecule has 0 bridgehead atoms. The molecule has 6 heteroatoms. The van der Waals surface area contributed by atoms with E-state index in [0.29, 0.717) is 12.2 Å². The standard InChI is InChI=1S/C16H15N3OS2/c1-19(15(20)14-10-22-16(18-14)21-2)9-11-7-8-17-13-6-4-3-5-12(11)13/h3-8,10H,9H2,1-2H3. The average molecular weight is 329 g/mol. The molecule has 0 aliphatic heterocycles. The third-order valence-electron chi connectivity index (χ3n) is 3.37. The molecule has 1 amide bonds. The lowest BCUT2D eigenvalue weighted by Gasteiger charge is -2.17. The van der Waals surface area contributed by atoms with Gasteiger partial charge in [0.1, 0.15) is 10.0 Å². The van der Waals surface area contributed by atoms with Gasteiger partial charge in [-0.3, -0.25) is 9.78 Å². The van der Waals surface area contributed by atoms with E-state index in [1.54, 1.807) is 29.9 Å². The number of carbonyl (C=O) groups is 1. The minimum Gasteiger partial charge on any atom is -0.336 e. The Morgan fingerprint density at radius 1 is 1.32 bits per heavy atom. The van der Waals surface area contributed by atoms with E-state index >= 15 is 0 Å². The van der Waals surface area contributed by atoms with Gasteiger partial charge >= 0.3 is 0 Å². The first-order chi connectivity index (χ1) is 10.7. The SMILES string of the molecule is CSc1nc(C(=O)N(C)Cc2ccnc3ccccc23)cs1. The minimum absolute atomic E-state index is 0.0579. The second-order valence-corrected chi connectivity index (χ2v) is 6.76. The first-order valence-corrected chi connectivity index (χ1v) is 8.87. The van der Waals surface area contributed by atoms with Crippen molar-refractivity contribution in [3.8, 4) is 0 Å². The third kappa shape index (κ3) is 2.98. The summed E-state index contributed by atoms with van der Waals surface area (Å²) in [5.41, 5.74) is 2.54. The van der Waals surface area contributed by atoms with Gasteiger partial charge in [0, 0.05) is 30.6 Å². The summed E-state index contributed by atoms with van der Waals surface area (Å²) in [6.07, 6.45) is 3.74. The number of rotatable bonds is 4. The fourth-order valence-corrected chi connectivity index (χ4v) is 3.50. The van der Waals surface area contributed by atoms with E-state index in [2.05, 4.69) is 9.97 Å². The molecule has 2 heterocycles. The van der Waals surface area contributed by atoms with Gasteiger partial charge in [-0.05, 0) is 24.0 Å². The topological polar surface area (TPSA) is 46.1 Å². The third-order valence-corrected chi connectivity index (χ3v) is 5.23. The highest BCUT2D eigenvalue weighted by molar-refractivity contribution is 8.00. The highest BCUT2D eigenvalue weighted by Crippen LogP contribution is 2.22. The molecule has 112 valence electrons. The highest BCUT2D eigenvalue weighted by Gasteiger charge is 2.16. The van der Waals surface area contributed by atoms with Crippen molar-refractivity contribution < 1.29 is 4.79 Å². The van der Waals surface area contributed by atoms with Crippen molar-refractivity contribution in [2.75, 3.05) is 13.3 Å². The summed E-state index contributed by atoms with van der Waals surface area (Å²) in [4.78, 5) is 22.8. The van der Waals surface area contributed by atoms with Crippen molar-refractivity contribution in [1.29, 1.82) is 0 Å². The molecular formula is C16H15N3OS2. The zero-order valence-corrected chi connectivity index (χ0v) is 13.9. The highest BCUT2D eigenvalue weighted by atomic mass is 32.2. The van der Waals surface area contributed by atoms with Crippen LogP contribution in [0, 0.1) is 0 Å². The quantitative estimate of drug-likeness (QED) is 0.685. The van der Waals surface area contributed by atoms with E-state index in [4.69, 9.17) is 0 Å². The van der Waals surface area contributed by atoms with Crippen LogP contribution >= 0.6 is 23.1 Å². The maximum absolute atomic E-state index is 12.5. The van der Waals surface area contributed by atoms with Crippen molar-refractivity contribution in [1.82, 2.24) is 14.9 Å². The maximum Gasteiger partial charge on any atom is 0.273 e. The van der Waals surface area contributed by atoms with E-state index in [9.17, 15) is 4.79 Å². The fourth-order valence-electron chi connectivity index (χ4n) is 2.27. The monoisotopic (exact) mass is 329 g/mol. The van der Waals surface area contributed by atoms with Crippen molar-refractivity contribution in [2.24, 2.45) is 0 Å². The zero-order chi connectivity index (χ0) is 15.5. The Hall–Kier alpha value is -1.92. The molecule has 4 nitrogen and oxygen atoms in total. The van der Waals surface area contributed by atoms with Crippen LogP contribution in [0.1, 0.15) is 16.1 Å². The molecule has 22 heavy (non-hydrogen) atoms. The molecule has 0 saturated carbocycles. The first-order valence-electron chi connectivity index (χ1n) is 6.76. The Bertz CT molecular complexity index is 811. The van der Waals surface area contributed by atoms with Crippen LogP contribution in [0.15, 0.2) is 46.2 Å². The first kappa shape index (κ1) is 15.0. The zero-order valence-electron chi connectivity index (χ0n) is 12.3. The minimum atomic E-state index is -0.0579. The van der Waals surface area contributed by atoms with Gasteiger partial charge in [-0.2, -0.15) is 0 Å². The summed E-state index contributed by atoms with van der Waals surface area (Å²) in [6.45, 7) is 0.536. The molecule has 0 saturated heterocycles. The number of carbonyl (C=O) groups excluding carboxylic acids is 1. The summed E-state index contributed by atoms with van der Waals surface area (Å²) in [7, 11) is 1.80. The number of benzene rings is 1. The Balaban J connectivity index is 1.83. The van der Waals surface area contributed by atoms with E-state index in [0.717, 1.165) is 20.8 Å². The van der Waals surface area contributed by atoms with Crippen LogP contribution in [0.3, 0.4) is 0 Å². The molecule has 0 fully saturated rings. The van der Waals surface area contributed by atoms with Gasteiger partial charge in [-0.25, -0.2) is 4.98 Å². The van der Waals surface area contributed by atoms with E-state index in [1.165, 1.54) is 11.3 Å². The molecule has 0 spiro atoms. The van der Waals surface area contributed by atoms with Crippen LogP contribution in [-0.4, -0.2) is 34.1 Å². The predicted octanol–water partition coefficient (Wildman–Crippen LogP) is 3.69. The predicted molar refractivity (Wildman–Crippen MR) is 91.4 cm³/mol. The second-order valence-electron chi connectivity index (χ2n) is 4.85. The number of amides is 1. The molecule has 0 N–H and O–H groups in total. The number of thioether (sulfide) groups is 1. The van der Waals surface area contributed by atoms with Gasteiger partial charge in [-0.15, -0.1) is 11.3 Å². The number of pyridine rings is 1. The number of aromatic nitrogens is 2. The van der Waals surface area contributed by atoms with Gasteiger partial charge < -0.3 is 4.90 Å². The lowest BCUT2D eigenvalue weighted by molar-refractivity contribution is 0.0780. The average Bonchev–Trinajstić information content (AvgIpc) is 3.03. The molecule has 0 radical (unpaired) electrons. The molecule has 3 rings (SSSR count). The van der Waals surface area contributed by atoms with Crippen LogP contribution in [0.5, 0.6) is 0 Å². The number of nitrogens with zero attached hydrogens (tertiary/aromatic N) is 3. The van der Waals surface area contributed by atoms with Gasteiger partial charge in [-0.1, -0.05) is 30.0 Å². The van der Waals surface area contributed by atoms with E-state index in [-0.39, 0.29) is 5.91 Å². The fraction of sp³-hybridized carbons (Fsp3) is 0.188. The van der Waals surface area contributed by atoms with E-state index < -0.39 is 0 Å². The summed E-state index contributed by atoms with van der Waals surface area (Å²) in [5, 5.41) is 2.89. The van der Waals surface area contributed by atoms with E-state index in [1.807, 2.05) is 42.0 Å². The van der Waals surface area contributed by atoms with Crippen LogP contribution in [0.4, 0.5) is 0 Å². The van der Waals surface area contributed by atoms with Crippen molar-refractivity contribution in [2.45, 2.75) is 10.9 Å². The normalized spacial score (nSPS) is 10.8. The Morgan fingerprint density at radius 2 is 2.14 bits per heavy atom. The summed E-state index contributed by atoms with van der Waals surface area (Å²) in [5.74, 6) is -0.0579. The summed E-state index contributed by atoms with van der Waals surface area (Å²) in [6, 6.07) is 9.92. The Morgan fingerprint density at radius 3 is 2.91 bits per heavy atom. The maximum atomic E-state index is 12.5. The van der Waals surface area contributed by atoms with Gasteiger partial charge in [0.05, 0.1) is 5.52 Å². The smallest absolute Gasteiger partial charge is 0.273 e. The number of fused-ring (bicyclic) bond motifs is 1. The van der Waals surface area contributed by atoms with Crippen LogP contribution in [-0.2, 0) is 6.54 Å². The number of thiazole rings is 1. The number of para-hydroxylation sites is 1. The van der Waals surface area contributed by atoms with Crippen LogP contribution in [0.2, 0.25) is 0 Å². The number of hydrogen-bond acceptors (Lipinski definition) is 5. The number of hydrogen-bond donors (Lipinski definition) is 0. The summed E-state index contributed by atoms with van der Waals surface area (Å²) >= 11 is 3.05. The molecule has 3 aromatic rings. The van der Waals surface area contributed by atoms with Crippen molar-refractivity contribution in [3.05, 3.63) is 53.2 Å². The van der Waals surface area contributed by atoms with Crippen LogP contribution < -0.4 is 0 Å². The van der Waals surface area contributed by atoms with Gasteiger partial charge in [0.15, 0.2) is 0 Å². The Kier molecular flexibility index (Phi) is 4.40. The van der Waals surface area contributed by atoms with Crippen molar-refractivity contribution >= 4 is 39.9 Å². The molecule has 0 unspecified atom stereocenters. The lowest BCUT2D eigenvalue weighted by atomic mass is 10.1. The second kappa shape index (κ2) is 6.46. The molecule has 0 aliphatic carbocycles. The van der Waals surface area contributed by atoms with Gasteiger partial charge in [0.2, 0.25) is 0 Å². The summed E-state index contributed by atoms with van der Waals surface area (Å²) < 4.78 is 0.908. The largest absolute Gasteiger partial charge is 0.336 e. The molecule has 1 aromatic carbocycles. The molecule has 0 atom stereocenters.